The third-order valence-corrected chi connectivity index (χ3v) is 5.54. The van der Waals surface area contributed by atoms with Gasteiger partial charge in [0.15, 0.2) is 0 Å². The van der Waals surface area contributed by atoms with Crippen LogP contribution in [0.3, 0.4) is 0 Å². The number of morpholine rings is 1. The van der Waals surface area contributed by atoms with Crippen LogP contribution in [0.4, 0.5) is 11.6 Å². The van der Waals surface area contributed by atoms with Gasteiger partial charge in [-0.25, -0.2) is 9.50 Å². The molecule has 0 amide bonds. The molecule has 0 spiro atoms. The van der Waals surface area contributed by atoms with Crippen molar-refractivity contribution in [2.45, 2.75) is 13.0 Å². The molecule has 5 rings (SSSR count). The molecule has 8 heteroatoms. The number of hydrogen-bond acceptors (Lipinski definition) is 6. The second-order valence-corrected chi connectivity index (χ2v) is 7.54. The van der Waals surface area contributed by atoms with E-state index in [0.717, 1.165) is 48.7 Å². The molecule has 0 aliphatic carbocycles. The Kier molecular flexibility index (Phi) is 4.94. The highest BCUT2D eigenvalue weighted by atomic mass is 16.5. The zero-order valence-electron chi connectivity index (χ0n) is 17.2. The molecule has 4 aromatic rings. The molecule has 4 heterocycles. The van der Waals surface area contributed by atoms with Crippen molar-refractivity contribution in [3.63, 3.8) is 0 Å². The first kappa shape index (κ1) is 18.8. The summed E-state index contributed by atoms with van der Waals surface area (Å²) in [7, 11) is 1.91. The highest BCUT2D eigenvalue weighted by Crippen LogP contribution is 2.25. The number of benzene rings is 1. The van der Waals surface area contributed by atoms with Crippen molar-refractivity contribution in [2.75, 3.05) is 31.6 Å². The summed E-state index contributed by atoms with van der Waals surface area (Å²) in [6.07, 6.45) is 5.76. The Morgan fingerprint density at radius 3 is 2.77 bits per heavy atom. The number of aromatic nitrogens is 5. The quantitative estimate of drug-likeness (QED) is 0.551. The molecule has 154 valence electrons. The SMILES string of the molecule is CCN1CCOC(c2ccc(Nc3ncc4ccc(-c5cnn(C)c5)n4n3)cc2)C1. The third-order valence-electron chi connectivity index (χ3n) is 5.54. The van der Waals surface area contributed by atoms with E-state index in [2.05, 4.69) is 56.6 Å². The summed E-state index contributed by atoms with van der Waals surface area (Å²) >= 11 is 0. The van der Waals surface area contributed by atoms with Crippen LogP contribution in [0, 0.1) is 0 Å². The average molecular weight is 403 g/mol. The predicted molar refractivity (Wildman–Crippen MR) is 116 cm³/mol. The largest absolute Gasteiger partial charge is 0.371 e. The van der Waals surface area contributed by atoms with Crippen LogP contribution in [0.1, 0.15) is 18.6 Å². The Bertz CT molecular complexity index is 1150. The molecule has 30 heavy (non-hydrogen) atoms. The number of anilines is 2. The average Bonchev–Trinajstić information content (AvgIpc) is 3.40. The Morgan fingerprint density at radius 2 is 2.00 bits per heavy atom. The minimum absolute atomic E-state index is 0.127. The Balaban J connectivity index is 1.35. The number of ether oxygens (including phenoxy) is 1. The van der Waals surface area contributed by atoms with E-state index in [4.69, 9.17) is 4.74 Å². The third kappa shape index (κ3) is 3.67. The van der Waals surface area contributed by atoms with Gasteiger partial charge >= 0.3 is 0 Å². The van der Waals surface area contributed by atoms with E-state index in [0.29, 0.717) is 5.95 Å². The zero-order valence-corrected chi connectivity index (χ0v) is 17.2. The van der Waals surface area contributed by atoms with Gasteiger partial charge in [-0.1, -0.05) is 19.1 Å². The first-order chi connectivity index (χ1) is 14.7. The number of aryl methyl sites for hydroxylation is 1. The van der Waals surface area contributed by atoms with Gasteiger partial charge in [0.25, 0.3) is 0 Å². The fourth-order valence-electron chi connectivity index (χ4n) is 3.83. The molecular weight excluding hydrogens is 378 g/mol. The fraction of sp³-hybridized carbons (Fsp3) is 0.318. The Hall–Kier alpha value is -3.23. The second-order valence-electron chi connectivity index (χ2n) is 7.54. The van der Waals surface area contributed by atoms with Crippen molar-refractivity contribution in [1.82, 2.24) is 29.3 Å². The van der Waals surface area contributed by atoms with Crippen LogP contribution in [0.5, 0.6) is 0 Å². The standard InChI is InChI=1S/C22H25N7O/c1-3-28-10-11-30-21(15-28)16-4-6-18(7-5-16)25-22-23-13-19-8-9-20(29(19)26-22)17-12-24-27(2)14-17/h4-9,12-14,21H,3,10-11,15H2,1-2H3,(H,25,26). The topological polar surface area (TPSA) is 72.5 Å². The fourth-order valence-corrected chi connectivity index (χ4v) is 3.83. The number of fused-ring (bicyclic) bond motifs is 1. The lowest BCUT2D eigenvalue weighted by atomic mass is 10.1. The van der Waals surface area contributed by atoms with Gasteiger partial charge < -0.3 is 10.1 Å². The van der Waals surface area contributed by atoms with Crippen LogP contribution >= 0.6 is 0 Å². The highest BCUT2D eigenvalue weighted by molar-refractivity contribution is 5.65. The molecule has 1 saturated heterocycles. The van der Waals surface area contributed by atoms with Gasteiger partial charge in [-0.2, -0.15) is 5.10 Å². The van der Waals surface area contributed by atoms with Crippen LogP contribution in [0.15, 0.2) is 55.0 Å². The molecule has 1 atom stereocenters. The molecule has 0 saturated carbocycles. The first-order valence-corrected chi connectivity index (χ1v) is 10.2. The van der Waals surface area contributed by atoms with Gasteiger partial charge in [0.1, 0.15) is 0 Å². The van der Waals surface area contributed by atoms with Crippen molar-refractivity contribution in [1.29, 1.82) is 0 Å². The number of nitrogens with one attached hydrogen (secondary N) is 1. The first-order valence-electron chi connectivity index (χ1n) is 10.2. The molecule has 8 nitrogen and oxygen atoms in total. The van der Waals surface area contributed by atoms with E-state index in [9.17, 15) is 0 Å². The van der Waals surface area contributed by atoms with Gasteiger partial charge in [-0.15, -0.1) is 5.10 Å². The second kappa shape index (κ2) is 7.89. The summed E-state index contributed by atoms with van der Waals surface area (Å²) in [6, 6.07) is 12.4. The van der Waals surface area contributed by atoms with Gasteiger partial charge in [0.05, 0.1) is 36.3 Å². The van der Waals surface area contributed by atoms with Crippen molar-refractivity contribution in [3.05, 3.63) is 60.6 Å². The van der Waals surface area contributed by atoms with E-state index >= 15 is 0 Å². The lowest BCUT2D eigenvalue weighted by molar-refractivity contribution is -0.0281. The maximum Gasteiger partial charge on any atom is 0.245 e. The zero-order chi connectivity index (χ0) is 20.5. The van der Waals surface area contributed by atoms with Crippen LogP contribution in [-0.2, 0) is 11.8 Å². The van der Waals surface area contributed by atoms with Crippen molar-refractivity contribution < 1.29 is 4.74 Å². The Labute approximate surface area is 175 Å². The maximum atomic E-state index is 5.95. The van der Waals surface area contributed by atoms with Crippen molar-refractivity contribution >= 4 is 17.2 Å². The van der Waals surface area contributed by atoms with Crippen LogP contribution in [-0.4, -0.2) is 55.5 Å². The summed E-state index contributed by atoms with van der Waals surface area (Å²) in [5, 5.41) is 12.2. The molecule has 1 aliphatic rings. The van der Waals surface area contributed by atoms with Crippen LogP contribution in [0.2, 0.25) is 0 Å². The van der Waals surface area contributed by atoms with Crippen molar-refractivity contribution in [3.8, 4) is 11.3 Å². The summed E-state index contributed by atoms with van der Waals surface area (Å²) in [5.74, 6) is 0.544. The molecule has 0 radical (unpaired) electrons. The van der Waals surface area contributed by atoms with E-state index in [1.54, 1.807) is 4.68 Å². The predicted octanol–water partition coefficient (Wildman–Crippen LogP) is 3.27. The lowest BCUT2D eigenvalue weighted by Gasteiger charge is -2.32. The number of likely N-dealkylation sites (N-methyl/N-ethyl adjacent to an activating group) is 1. The molecule has 1 fully saturated rings. The van der Waals surface area contributed by atoms with Gasteiger partial charge in [0, 0.05) is 37.6 Å². The summed E-state index contributed by atoms with van der Waals surface area (Å²) in [6.45, 7) is 5.97. The lowest BCUT2D eigenvalue weighted by Crippen LogP contribution is -2.38. The van der Waals surface area contributed by atoms with Gasteiger partial charge in [-0.05, 0) is 36.4 Å². The van der Waals surface area contributed by atoms with E-state index < -0.39 is 0 Å². The van der Waals surface area contributed by atoms with E-state index in [1.807, 2.05) is 42.3 Å². The molecule has 1 aromatic carbocycles. The summed E-state index contributed by atoms with van der Waals surface area (Å²) < 4.78 is 9.62. The summed E-state index contributed by atoms with van der Waals surface area (Å²) in [5.41, 5.74) is 5.06. The summed E-state index contributed by atoms with van der Waals surface area (Å²) in [4.78, 5) is 6.87. The van der Waals surface area contributed by atoms with E-state index in [-0.39, 0.29) is 6.10 Å². The van der Waals surface area contributed by atoms with Gasteiger partial charge in [0.2, 0.25) is 5.95 Å². The minimum Gasteiger partial charge on any atom is -0.371 e. The van der Waals surface area contributed by atoms with E-state index in [1.165, 1.54) is 5.56 Å². The van der Waals surface area contributed by atoms with Crippen LogP contribution < -0.4 is 5.32 Å². The Morgan fingerprint density at radius 1 is 1.13 bits per heavy atom. The van der Waals surface area contributed by atoms with Gasteiger partial charge in [-0.3, -0.25) is 9.58 Å². The highest BCUT2D eigenvalue weighted by Gasteiger charge is 2.20. The number of rotatable bonds is 5. The monoisotopic (exact) mass is 403 g/mol. The number of nitrogens with zero attached hydrogens (tertiary/aromatic N) is 6. The molecule has 1 unspecified atom stereocenters. The van der Waals surface area contributed by atoms with Crippen LogP contribution in [0.25, 0.3) is 16.8 Å². The van der Waals surface area contributed by atoms with Crippen molar-refractivity contribution in [2.24, 2.45) is 7.05 Å². The normalized spacial score (nSPS) is 17.5. The maximum absolute atomic E-state index is 5.95. The number of hydrogen-bond donors (Lipinski definition) is 1. The smallest absolute Gasteiger partial charge is 0.245 e. The molecule has 1 aliphatic heterocycles. The minimum atomic E-state index is 0.127. The molecular formula is C22H25N7O. The molecule has 3 aromatic heterocycles. The molecule has 0 bridgehead atoms. The molecule has 1 N–H and O–H groups in total.